The number of nitrogens with zero attached hydrogens (tertiary/aromatic N) is 1. The molecule has 2 aliphatic heterocycles. The smallest absolute Gasteiger partial charge is 0.303 e. The van der Waals surface area contributed by atoms with Gasteiger partial charge in [-0.15, -0.1) is 0 Å². The van der Waals surface area contributed by atoms with Gasteiger partial charge in [0, 0.05) is 20.4 Å². The number of benzene rings is 1. The number of esters is 2. The zero-order valence-electron chi connectivity index (χ0n) is 14.3. The second kappa shape index (κ2) is 7.09. The third-order valence-corrected chi connectivity index (χ3v) is 4.46. The number of piperidine rings is 1. The highest BCUT2D eigenvalue weighted by Crippen LogP contribution is 2.36. The number of amides is 1. The van der Waals surface area contributed by atoms with Crippen LogP contribution in [0.25, 0.3) is 6.08 Å². The maximum atomic E-state index is 12.7. The van der Waals surface area contributed by atoms with Crippen molar-refractivity contribution in [2.75, 3.05) is 6.54 Å². The zero-order valence-corrected chi connectivity index (χ0v) is 14.3. The van der Waals surface area contributed by atoms with Crippen LogP contribution >= 0.6 is 0 Å². The minimum absolute atomic E-state index is 0.301. The number of ether oxygens (including phenoxy) is 2. The van der Waals surface area contributed by atoms with E-state index >= 15 is 0 Å². The summed E-state index contributed by atoms with van der Waals surface area (Å²) < 4.78 is 10.6. The van der Waals surface area contributed by atoms with Crippen molar-refractivity contribution in [2.24, 2.45) is 0 Å². The number of hydrogen-bond acceptors (Lipinski definition) is 5. The Morgan fingerprint density at radius 1 is 1.12 bits per heavy atom. The molecule has 132 valence electrons. The molecule has 2 heterocycles. The summed E-state index contributed by atoms with van der Waals surface area (Å²) >= 11 is 0. The Labute approximate surface area is 146 Å². The van der Waals surface area contributed by atoms with Crippen LogP contribution in [0.4, 0.5) is 0 Å². The maximum absolute atomic E-state index is 12.7. The minimum atomic E-state index is -1.08. The Balaban J connectivity index is 1.98. The zero-order chi connectivity index (χ0) is 18.0. The Hall–Kier alpha value is -2.63. The molecule has 6 nitrogen and oxygen atoms in total. The predicted octanol–water partition coefficient (Wildman–Crippen LogP) is 1.94. The number of carbonyl (C=O) groups is 3. The van der Waals surface area contributed by atoms with E-state index in [9.17, 15) is 14.4 Å². The lowest BCUT2D eigenvalue weighted by atomic mass is 9.91. The fourth-order valence-electron chi connectivity index (χ4n) is 3.58. The van der Waals surface area contributed by atoms with Gasteiger partial charge in [0.25, 0.3) is 5.91 Å². The van der Waals surface area contributed by atoms with Crippen LogP contribution in [-0.4, -0.2) is 47.5 Å². The third kappa shape index (κ3) is 3.57. The van der Waals surface area contributed by atoms with E-state index in [0.29, 0.717) is 6.54 Å². The van der Waals surface area contributed by atoms with Crippen molar-refractivity contribution in [3.05, 3.63) is 41.5 Å². The first-order valence-electron chi connectivity index (χ1n) is 8.38. The van der Waals surface area contributed by atoms with Crippen LogP contribution in [0.2, 0.25) is 0 Å². The number of rotatable bonds is 3. The molecule has 0 aromatic heterocycles. The molecule has 0 aliphatic carbocycles. The fraction of sp³-hybridized carbons (Fsp3) is 0.421. The monoisotopic (exact) mass is 343 g/mol. The van der Waals surface area contributed by atoms with Crippen molar-refractivity contribution >= 4 is 23.9 Å². The molecule has 0 N–H and O–H groups in total. The second-order valence-corrected chi connectivity index (χ2v) is 6.31. The van der Waals surface area contributed by atoms with Crippen LogP contribution in [0.5, 0.6) is 0 Å². The molecular weight excluding hydrogens is 322 g/mol. The highest BCUT2D eigenvalue weighted by Gasteiger charge is 2.54. The summed E-state index contributed by atoms with van der Waals surface area (Å²) in [4.78, 5) is 37.3. The summed E-state index contributed by atoms with van der Waals surface area (Å²) in [5.74, 6) is -1.37. The molecule has 2 saturated heterocycles. The number of carbonyl (C=O) groups excluding carboxylic acids is 3. The van der Waals surface area contributed by atoms with E-state index in [2.05, 4.69) is 0 Å². The lowest BCUT2D eigenvalue weighted by Gasteiger charge is -2.34. The van der Waals surface area contributed by atoms with E-state index in [1.165, 1.54) is 13.8 Å². The molecular formula is C19H21NO5. The summed E-state index contributed by atoms with van der Waals surface area (Å²) in [6.07, 6.45) is 1.75. The molecule has 2 fully saturated rings. The summed E-state index contributed by atoms with van der Waals surface area (Å²) in [6.45, 7) is 3.10. The van der Waals surface area contributed by atoms with Gasteiger partial charge >= 0.3 is 11.9 Å². The fourth-order valence-corrected chi connectivity index (χ4v) is 3.58. The first kappa shape index (κ1) is 17.2. The average molecular weight is 343 g/mol. The lowest BCUT2D eigenvalue weighted by Crippen LogP contribution is -2.43. The summed E-state index contributed by atoms with van der Waals surface area (Å²) in [5.41, 5.74) is 2.02. The Morgan fingerprint density at radius 2 is 1.80 bits per heavy atom. The molecule has 1 amide bonds. The van der Waals surface area contributed by atoms with E-state index in [-0.39, 0.29) is 5.91 Å². The standard InChI is InChI=1S/C19H21NO5/c1-12(21)24-17-16-15(11-14-7-4-3-5-8-14)9-6-10-20(16)19(23)18(17)25-13(2)22/h3-5,7-8,11,16-18H,6,9-10H2,1-2H3/b15-11+/t16-,17-,18+/m1/s1. The molecule has 0 radical (unpaired) electrons. The Bertz CT molecular complexity index is 712. The normalized spacial score (nSPS) is 27.1. The van der Waals surface area contributed by atoms with Gasteiger partial charge in [-0.2, -0.15) is 0 Å². The van der Waals surface area contributed by atoms with Crippen molar-refractivity contribution in [1.82, 2.24) is 4.90 Å². The van der Waals surface area contributed by atoms with Gasteiger partial charge in [-0.25, -0.2) is 0 Å². The minimum Gasteiger partial charge on any atom is -0.455 e. The van der Waals surface area contributed by atoms with Crippen LogP contribution in [-0.2, 0) is 23.9 Å². The van der Waals surface area contributed by atoms with Crippen molar-refractivity contribution in [1.29, 1.82) is 0 Å². The Kier molecular flexibility index (Phi) is 4.88. The molecule has 0 saturated carbocycles. The summed E-state index contributed by atoms with van der Waals surface area (Å²) in [7, 11) is 0. The summed E-state index contributed by atoms with van der Waals surface area (Å²) in [6, 6.07) is 9.39. The molecule has 0 spiro atoms. The van der Waals surface area contributed by atoms with E-state index in [0.717, 1.165) is 24.0 Å². The van der Waals surface area contributed by atoms with Gasteiger partial charge < -0.3 is 14.4 Å². The van der Waals surface area contributed by atoms with Crippen molar-refractivity contribution in [3.63, 3.8) is 0 Å². The maximum Gasteiger partial charge on any atom is 0.303 e. The molecule has 1 aromatic carbocycles. The van der Waals surface area contributed by atoms with Gasteiger partial charge in [0.15, 0.2) is 6.10 Å². The van der Waals surface area contributed by atoms with E-state index in [1.54, 1.807) is 4.90 Å². The van der Waals surface area contributed by atoms with Crippen LogP contribution in [0.1, 0.15) is 32.3 Å². The van der Waals surface area contributed by atoms with Crippen LogP contribution < -0.4 is 0 Å². The van der Waals surface area contributed by atoms with Crippen molar-refractivity contribution in [3.8, 4) is 0 Å². The van der Waals surface area contributed by atoms with E-state index in [4.69, 9.17) is 9.47 Å². The molecule has 0 unspecified atom stereocenters. The predicted molar refractivity (Wildman–Crippen MR) is 90.3 cm³/mol. The molecule has 2 aliphatic rings. The van der Waals surface area contributed by atoms with Gasteiger partial charge in [0.1, 0.15) is 0 Å². The lowest BCUT2D eigenvalue weighted by molar-refractivity contribution is -0.165. The first-order chi connectivity index (χ1) is 12.0. The van der Waals surface area contributed by atoms with Gasteiger partial charge in [0.05, 0.1) is 6.04 Å². The third-order valence-electron chi connectivity index (χ3n) is 4.46. The van der Waals surface area contributed by atoms with Gasteiger partial charge in [-0.3, -0.25) is 14.4 Å². The molecule has 6 heteroatoms. The molecule has 1 aromatic rings. The van der Waals surface area contributed by atoms with Crippen LogP contribution in [0.3, 0.4) is 0 Å². The van der Waals surface area contributed by atoms with Gasteiger partial charge in [0.2, 0.25) is 6.10 Å². The van der Waals surface area contributed by atoms with E-state index < -0.39 is 30.2 Å². The Morgan fingerprint density at radius 3 is 2.44 bits per heavy atom. The number of fused-ring (bicyclic) bond motifs is 1. The highest BCUT2D eigenvalue weighted by atomic mass is 16.6. The molecule has 0 bridgehead atoms. The number of hydrogen-bond donors (Lipinski definition) is 0. The first-order valence-corrected chi connectivity index (χ1v) is 8.38. The van der Waals surface area contributed by atoms with Crippen molar-refractivity contribution in [2.45, 2.75) is 44.9 Å². The second-order valence-electron chi connectivity index (χ2n) is 6.31. The summed E-state index contributed by atoms with van der Waals surface area (Å²) in [5, 5.41) is 0. The van der Waals surface area contributed by atoms with Crippen LogP contribution in [0, 0.1) is 0 Å². The van der Waals surface area contributed by atoms with Crippen molar-refractivity contribution < 1.29 is 23.9 Å². The highest BCUT2D eigenvalue weighted by molar-refractivity contribution is 5.88. The van der Waals surface area contributed by atoms with Gasteiger partial charge in [-0.05, 0) is 24.0 Å². The SMILES string of the molecule is CC(=O)O[C@H]1[C@H](OC(C)=O)C(=O)N2CCC/C(=C\c3ccccc3)[C@H]12. The average Bonchev–Trinajstić information content (AvgIpc) is 2.82. The topological polar surface area (TPSA) is 72.9 Å². The molecule has 3 rings (SSSR count). The van der Waals surface area contributed by atoms with Gasteiger partial charge in [-0.1, -0.05) is 36.4 Å². The molecule has 25 heavy (non-hydrogen) atoms. The van der Waals surface area contributed by atoms with E-state index in [1.807, 2.05) is 36.4 Å². The molecule has 3 atom stereocenters. The van der Waals surface area contributed by atoms with Crippen LogP contribution in [0.15, 0.2) is 35.9 Å². The quantitative estimate of drug-likeness (QED) is 0.784. The largest absolute Gasteiger partial charge is 0.455 e.